The van der Waals surface area contributed by atoms with Crippen LogP contribution in [0.2, 0.25) is 0 Å². The molecule has 1 amide bonds. The molecule has 3 aromatic rings. The normalized spacial score (nSPS) is 19.6. The smallest absolute Gasteiger partial charge is 0.350 e. The van der Waals surface area contributed by atoms with Crippen LogP contribution in [0.15, 0.2) is 60.7 Å². The van der Waals surface area contributed by atoms with Gasteiger partial charge in [0, 0.05) is 12.0 Å². The minimum absolute atomic E-state index is 0.0144. The van der Waals surface area contributed by atoms with Crippen LogP contribution in [-0.4, -0.2) is 40.5 Å². The Morgan fingerprint density at radius 3 is 2.69 bits per heavy atom. The largest absolute Gasteiger partial charge is 0.507 e. The van der Waals surface area contributed by atoms with E-state index >= 15 is 0 Å². The number of aromatic nitrogens is 1. The molecular formula is C30H28N2O6S. The van der Waals surface area contributed by atoms with Gasteiger partial charge < -0.3 is 14.6 Å². The van der Waals surface area contributed by atoms with Crippen molar-refractivity contribution in [2.75, 3.05) is 11.5 Å². The number of thiazole rings is 1. The summed E-state index contributed by atoms with van der Waals surface area (Å²) in [7, 11) is 0. The number of anilines is 1. The molecule has 8 nitrogen and oxygen atoms in total. The Morgan fingerprint density at radius 2 is 2.00 bits per heavy atom. The van der Waals surface area contributed by atoms with Crippen molar-refractivity contribution in [1.29, 1.82) is 0 Å². The Labute approximate surface area is 230 Å². The summed E-state index contributed by atoms with van der Waals surface area (Å²) in [6.45, 7) is 9.21. The maximum Gasteiger partial charge on any atom is 0.350 e. The van der Waals surface area contributed by atoms with Crippen LogP contribution in [0.25, 0.3) is 5.76 Å². The fourth-order valence-corrected chi connectivity index (χ4v) is 5.87. The first-order valence-corrected chi connectivity index (χ1v) is 13.5. The maximum atomic E-state index is 13.5. The number of Topliss-reactive ketones (excluding diaryl/α,β-unsaturated/α-hetero) is 1. The Bertz CT molecular complexity index is 1520. The first-order valence-electron chi connectivity index (χ1n) is 12.7. The number of aliphatic hydroxyl groups excluding tert-OH is 1. The number of hydrogen-bond acceptors (Lipinski definition) is 8. The molecule has 9 heteroatoms. The van der Waals surface area contributed by atoms with E-state index in [1.807, 2.05) is 38.1 Å². The number of benzene rings is 2. The highest BCUT2D eigenvalue weighted by Crippen LogP contribution is 2.44. The summed E-state index contributed by atoms with van der Waals surface area (Å²) >= 11 is 0.965. The van der Waals surface area contributed by atoms with Gasteiger partial charge in [-0.05, 0) is 55.2 Å². The predicted octanol–water partition coefficient (Wildman–Crippen LogP) is 5.31. The topological polar surface area (TPSA) is 106 Å². The number of aryl methyl sites for hydroxylation is 2. The molecule has 39 heavy (non-hydrogen) atoms. The van der Waals surface area contributed by atoms with Gasteiger partial charge in [0.2, 0.25) is 0 Å². The lowest BCUT2D eigenvalue weighted by atomic mass is 9.94. The molecule has 5 rings (SSSR count). The van der Waals surface area contributed by atoms with E-state index in [-0.39, 0.29) is 34.1 Å². The van der Waals surface area contributed by atoms with Crippen molar-refractivity contribution in [2.45, 2.75) is 45.8 Å². The molecule has 0 saturated carbocycles. The van der Waals surface area contributed by atoms with E-state index in [1.165, 1.54) is 11.0 Å². The van der Waals surface area contributed by atoms with Gasteiger partial charge >= 0.3 is 11.9 Å². The van der Waals surface area contributed by atoms with Crippen LogP contribution in [-0.2, 0) is 27.2 Å². The number of carbonyl (C=O) groups excluding carboxylic acids is 3. The summed E-state index contributed by atoms with van der Waals surface area (Å²) in [5.41, 5.74) is 3.39. The number of esters is 1. The van der Waals surface area contributed by atoms with Gasteiger partial charge in [0.05, 0.1) is 17.3 Å². The molecule has 1 aromatic heterocycles. The van der Waals surface area contributed by atoms with Gasteiger partial charge in [0.15, 0.2) is 5.13 Å². The Kier molecular flexibility index (Phi) is 7.10. The summed E-state index contributed by atoms with van der Waals surface area (Å²) in [6.07, 6.45) is 2.97. The summed E-state index contributed by atoms with van der Waals surface area (Å²) in [4.78, 5) is 45.5. The third-order valence-corrected chi connectivity index (χ3v) is 7.96. The number of ketones is 1. The van der Waals surface area contributed by atoms with E-state index in [0.717, 1.165) is 34.6 Å². The summed E-state index contributed by atoms with van der Waals surface area (Å²) in [5.74, 6) is -1.79. The second kappa shape index (κ2) is 10.5. The third-order valence-electron chi connectivity index (χ3n) is 6.83. The summed E-state index contributed by atoms with van der Waals surface area (Å²) in [5, 5.41) is 11.7. The molecule has 3 heterocycles. The SMILES string of the molecule is C=CCOC(=O)c1sc(N2C(=O)C(=O)/C(=C(/O)c3ccc4c(c3)CC(C)O4)C2c2ccc(CC)cc2)nc1C. The van der Waals surface area contributed by atoms with E-state index < -0.39 is 23.7 Å². The number of rotatable bonds is 7. The number of carbonyl (C=O) groups is 3. The van der Waals surface area contributed by atoms with E-state index in [1.54, 1.807) is 25.1 Å². The lowest BCUT2D eigenvalue weighted by Gasteiger charge is -2.23. The lowest BCUT2D eigenvalue weighted by molar-refractivity contribution is -0.132. The molecule has 0 radical (unpaired) electrons. The van der Waals surface area contributed by atoms with Crippen molar-refractivity contribution < 1.29 is 29.0 Å². The standard InChI is InChI=1S/C30H28N2O6S/c1-5-13-37-29(36)27-17(4)31-30(39-27)32-24(19-9-7-18(6-2)8-10-19)23(26(34)28(32)35)25(33)20-11-12-22-21(15-20)14-16(3)38-22/h5,7-12,15-16,24,33H,1,6,13-14H2,2-4H3/b25-23+. The van der Waals surface area contributed by atoms with Crippen LogP contribution >= 0.6 is 11.3 Å². The molecule has 2 unspecified atom stereocenters. The highest BCUT2D eigenvalue weighted by atomic mass is 32.1. The second-order valence-electron chi connectivity index (χ2n) is 9.52. The maximum absolute atomic E-state index is 13.5. The highest BCUT2D eigenvalue weighted by molar-refractivity contribution is 7.17. The molecule has 0 aliphatic carbocycles. The second-order valence-corrected chi connectivity index (χ2v) is 10.5. The first-order chi connectivity index (χ1) is 18.7. The zero-order valence-electron chi connectivity index (χ0n) is 21.9. The van der Waals surface area contributed by atoms with Crippen LogP contribution in [0.3, 0.4) is 0 Å². The molecule has 2 aliphatic heterocycles. The Morgan fingerprint density at radius 1 is 1.26 bits per heavy atom. The fourth-order valence-electron chi connectivity index (χ4n) is 4.88. The van der Waals surface area contributed by atoms with Crippen molar-refractivity contribution in [3.05, 3.63) is 93.5 Å². The van der Waals surface area contributed by atoms with Gasteiger partial charge in [0.1, 0.15) is 29.1 Å². The number of ether oxygens (including phenoxy) is 2. The van der Waals surface area contributed by atoms with Gasteiger partial charge in [0.25, 0.3) is 5.78 Å². The van der Waals surface area contributed by atoms with Crippen molar-refractivity contribution in [3.63, 3.8) is 0 Å². The molecule has 2 atom stereocenters. The van der Waals surface area contributed by atoms with Crippen molar-refractivity contribution in [1.82, 2.24) is 4.98 Å². The Hall–Kier alpha value is -4.24. The number of hydrogen-bond donors (Lipinski definition) is 1. The first kappa shape index (κ1) is 26.4. The Balaban J connectivity index is 1.64. The van der Waals surface area contributed by atoms with Gasteiger partial charge in [-0.25, -0.2) is 9.78 Å². The highest BCUT2D eigenvalue weighted by Gasteiger charge is 2.48. The molecule has 0 spiro atoms. The van der Waals surface area contributed by atoms with E-state index in [2.05, 4.69) is 11.6 Å². The van der Waals surface area contributed by atoms with Crippen molar-refractivity contribution in [3.8, 4) is 5.75 Å². The molecule has 1 N–H and O–H groups in total. The minimum atomic E-state index is -0.943. The van der Waals surface area contributed by atoms with Crippen molar-refractivity contribution in [2.24, 2.45) is 0 Å². The number of fused-ring (bicyclic) bond motifs is 1. The van der Waals surface area contributed by atoms with Crippen LogP contribution in [0, 0.1) is 6.92 Å². The summed E-state index contributed by atoms with van der Waals surface area (Å²) < 4.78 is 10.9. The lowest BCUT2D eigenvalue weighted by Crippen LogP contribution is -2.29. The average Bonchev–Trinajstić information content (AvgIpc) is 3.58. The molecule has 200 valence electrons. The fraction of sp³-hybridized carbons (Fsp3) is 0.267. The number of aliphatic hydroxyl groups is 1. The quantitative estimate of drug-likeness (QED) is 0.141. The van der Waals surface area contributed by atoms with Gasteiger partial charge in [-0.15, -0.1) is 0 Å². The van der Waals surface area contributed by atoms with Gasteiger partial charge in [-0.1, -0.05) is 55.2 Å². The van der Waals surface area contributed by atoms with Gasteiger partial charge in [-0.2, -0.15) is 0 Å². The van der Waals surface area contributed by atoms with Crippen LogP contribution in [0.1, 0.15) is 57.5 Å². The number of nitrogens with zero attached hydrogens (tertiary/aromatic N) is 2. The minimum Gasteiger partial charge on any atom is -0.507 e. The molecule has 2 aromatic carbocycles. The third kappa shape index (κ3) is 4.74. The van der Waals surface area contributed by atoms with Crippen molar-refractivity contribution >= 4 is 39.9 Å². The summed E-state index contributed by atoms with van der Waals surface area (Å²) in [6, 6.07) is 11.8. The predicted molar refractivity (Wildman–Crippen MR) is 148 cm³/mol. The number of amides is 1. The average molecular weight is 545 g/mol. The van der Waals surface area contributed by atoms with Crippen LogP contribution in [0.4, 0.5) is 5.13 Å². The van der Waals surface area contributed by atoms with Crippen LogP contribution < -0.4 is 9.64 Å². The van der Waals surface area contributed by atoms with Gasteiger partial charge in [-0.3, -0.25) is 14.5 Å². The molecule has 2 aliphatic rings. The van der Waals surface area contributed by atoms with E-state index in [9.17, 15) is 19.5 Å². The van der Waals surface area contributed by atoms with Crippen LogP contribution in [0.5, 0.6) is 5.75 Å². The van der Waals surface area contributed by atoms with E-state index in [0.29, 0.717) is 23.2 Å². The zero-order valence-corrected chi connectivity index (χ0v) is 22.7. The monoisotopic (exact) mass is 544 g/mol. The molecule has 0 bridgehead atoms. The zero-order chi connectivity index (χ0) is 27.8. The molecule has 1 fully saturated rings. The molecule has 1 saturated heterocycles. The van der Waals surface area contributed by atoms with E-state index in [4.69, 9.17) is 9.47 Å². The molecular weight excluding hydrogens is 516 g/mol.